The highest BCUT2D eigenvalue weighted by molar-refractivity contribution is 5.91. The highest BCUT2D eigenvalue weighted by Crippen LogP contribution is 2.33. The van der Waals surface area contributed by atoms with Crippen LogP contribution in [0.25, 0.3) is 0 Å². The molecule has 1 aromatic rings. The van der Waals surface area contributed by atoms with E-state index >= 15 is 0 Å². The highest BCUT2D eigenvalue weighted by atomic mass is 16.5. The van der Waals surface area contributed by atoms with Crippen molar-refractivity contribution in [1.82, 2.24) is 10.6 Å². The number of hydrogen-bond acceptors (Lipinski definition) is 3. The zero-order valence-corrected chi connectivity index (χ0v) is 14.4. The molecule has 2 heterocycles. The summed E-state index contributed by atoms with van der Waals surface area (Å²) in [6.45, 7) is 5.12. The molecule has 0 saturated carbocycles. The summed E-state index contributed by atoms with van der Waals surface area (Å²) in [4.78, 5) is 24.8. The Morgan fingerprint density at radius 1 is 1.29 bits per heavy atom. The van der Waals surface area contributed by atoms with Crippen molar-refractivity contribution in [3.8, 4) is 0 Å². The fourth-order valence-electron chi connectivity index (χ4n) is 3.76. The van der Waals surface area contributed by atoms with E-state index in [1.807, 2.05) is 30.3 Å². The topological polar surface area (TPSA) is 67.4 Å². The van der Waals surface area contributed by atoms with Crippen LogP contribution in [0.5, 0.6) is 0 Å². The number of carbonyl (C=O) groups is 2. The Morgan fingerprint density at radius 3 is 2.67 bits per heavy atom. The number of amides is 2. The zero-order chi connectivity index (χ0) is 17.2. The van der Waals surface area contributed by atoms with Gasteiger partial charge >= 0.3 is 0 Å². The van der Waals surface area contributed by atoms with Crippen LogP contribution >= 0.6 is 0 Å². The number of piperidine rings is 1. The summed E-state index contributed by atoms with van der Waals surface area (Å²) in [6.07, 6.45) is 2.55. The second-order valence-electron chi connectivity index (χ2n) is 7.50. The number of ether oxygens (including phenoxy) is 1. The Balaban J connectivity index is 1.81. The first-order chi connectivity index (χ1) is 11.4. The predicted octanol–water partition coefficient (Wildman–Crippen LogP) is 1.91. The van der Waals surface area contributed by atoms with Crippen molar-refractivity contribution in [3.63, 3.8) is 0 Å². The van der Waals surface area contributed by atoms with Crippen LogP contribution in [0, 0.1) is 0 Å². The molecule has 0 bridgehead atoms. The van der Waals surface area contributed by atoms with Gasteiger partial charge in [0.1, 0.15) is 0 Å². The molecule has 2 aliphatic rings. The minimum absolute atomic E-state index is 0.0106. The number of carbonyl (C=O) groups excluding carboxylic acids is 2. The third kappa shape index (κ3) is 3.46. The molecule has 0 aliphatic carbocycles. The van der Waals surface area contributed by atoms with Crippen LogP contribution in [0.4, 0.5) is 0 Å². The molecular weight excluding hydrogens is 304 g/mol. The first-order valence-electron chi connectivity index (χ1n) is 8.68. The Kier molecular flexibility index (Phi) is 4.63. The molecule has 24 heavy (non-hydrogen) atoms. The summed E-state index contributed by atoms with van der Waals surface area (Å²) in [5.74, 6) is 0.0259. The second-order valence-corrected chi connectivity index (χ2v) is 7.50. The van der Waals surface area contributed by atoms with E-state index in [2.05, 4.69) is 24.5 Å². The van der Waals surface area contributed by atoms with Crippen LogP contribution in [0.3, 0.4) is 0 Å². The van der Waals surface area contributed by atoms with Gasteiger partial charge in [-0.15, -0.1) is 0 Å². The van der Waals surface area contributed by atoms with Gasteiger partial charge in [0.2, 0.25) is 11.8 Å². The van der Waals surface area contributed by atoms with Gasteiger partial charge in [0.25, 0.3) is 0 Å². The van der Waals surface area contributed by atoms with Crippen molar-refractivity contribution in [2.75, 3.05) is 13.2 Å². The van der Waals surface area contributed by atoms with Crippen LogP contribution < -0.4 is 10.6 Å². The van der Waals surface area contributed by atoms with Gasteiger partial charge in [-0.1, -0.05) is 30.3 Å². The number of hydrogen-bond donors (Lipinski definition) is 2. The third-order valence-corrected chi connectivity index (χ3v) is 5.16. The molecule has 5 nitrogen and oxygen atoms in total. The van der Waals surface area contributed by atoms with Gasteiger partial charge in [0.15, 0.2) is 0 Å². The fourth-order valence-corrected chi connectivity index (χ4v) is 3.76. The van der Waals surface area contributed by atoms with Crippen molar-refractivity contribution < 1.29 is 14.3 Å². The summed E-state index contributed by atoms with van der Waals surface area (Å²) in [6, 6.07) is 9.89. The van der Waals surface area contributed by atoms with Crippen molar-refractivity contribution in [2.24, 2.45) is 0 Å². The standard InChI is InChI=1S/C19H26N2O3/c1-18(2)12-15(9-11-24-18)21-17(23)19(10-8-16(22)20-13-19)14-6-4-3-5-7-14/h3-7,15H,8-13H2,1-2H3,(H,20,22)(H,21,23)/t15-,19-/m0/s1. The van der Waals surface area contributed by atoms with Crippen molar-refractivity contribution in [2.45, 2.75) is 56.6 Å². The quantitative estimate of drug-likeness (QED) is 0.889. The average molecular weight is 330 g/mol. The molecule has 2 aliphatic heterocycles. The molecule has 2 N–H and O–H groups in total. The van der Waals surface area contributed by atoms with E-state index in [-0.39, 0.29) is 23.5 Å². The van der Waals surface area contributed by atoms with Crippen LogP contribution in [0.15, 0.2) is 30.3 Å². The minimum atomic E-state index is -0.683. The highest BCUT2D eigenvalue weighted by Gasteiger charge is 2.44. The van der Waals surface area contributed by atoms with E-state index in [0.29, 0.717) is 26.0 Å². The molecule has 2 atom stereocenters. The summed E-state index contributed by atoms with van der Waals surface area (Å²) < 4.78 is 5.74. The van der Waals surface area contributed by atoms with Gasteiger partial charge in [-0.2, -0.15) is 0 Å². The monoisotopic (exact) mass is 330 g/mol. The third-order valence-electron chi connectivity index (χ3n) is 5.16. The lowest BCUT2D eigenvalue weighted by Gasteiger charge is -2.40. The SMILES string of the molecule is CC1(C)C[C@@H](NC(=O)[C@@]2(c3ccccc3)CCC(=O)NC2)CCO1. The molecule has 0 unspecified atom stereocenters. The molecule has 3 rings (SSSR count). The van der Waals surface area contributed by atoms with Gasteiger partial charge in [-0.25, -0.2) is 0 Å². The lowest BCUT2D eigenvalue weighted by Crippen LogP contribution is -2.58. The number of benzene rings is 1. The van der Waals surface area contributed by atoms with Gasteiger partial charge in [-0.3, -0.25) is 9.59 Å². The molecule has 1 aromatic carbocycles. The van der Waals surface area contributed by atoms with Gasteiger partial charge in [-0.05, 0) is 38.7 Å². The molecule has 2 fully saturated rings. The Bertz CT molecular complexity index is 602. The van der Waals surface area contributed by atoms with Gasteiger partial charge in [0, 0.05) is 25.6 Å². The van der Waals surface area contributed by atoms with Gasteiger partial charge in [0.05, 0.1) is 11.0 Å². The second kappa shape index (κ2) is 6.55. The normalized spacial score (nSPS) is 29.6. The number of rotatable bonds is 3. The lowest BCUT2D eigenvalue weighted by molar-refractivity contribution is -0.133. The molecule has 0 spiro atoms. The molecule has 0 aromatic heterocycles. The summed E-state index contributed by atoms with van der Waals surface area (Å²) in [7, 11) is 0. The first kappa shape index (κ1) is 17.0. The zero-order valence-electron chi connectivity index (χ0n) is 14.4. The van der Waals surface area contributed by atoms with E-state index < -0.39 is 5.41 Å². The first-order valence-corrected chi connectivity index (χ1v) is 8.68. The van der Waals surface area contributed by atoms with Crippen LogP contribution in [-0.2, 0) is 19.7 Å². The van der Waals surface area contributed by atoms with E-state index in [9.17, 15) is 9.59 Å². The molecule has 130 valence electrons. The predicted molar refractivity (Wildman–Crippen MR) is 91.6 cm³/mol. The van der Waals surface area contributed by atoms with E-state index in [4.69, 9.17) is 4.74 Å². The summed E-state index contributed by atoms with van der Waals surface area (Å²) in [5, 5.41) is 6.11. The summed E-state index contributed by atoms with van der Waals surface area (Å²) in [5.41, 5.74) is 0.0722. The maximum absolute atomic E-state index is 13.2. The Morgan fingerprint density at radius 2 is 2.04 bits per heavy atom. The maximum Gasteiger partial charge on any atom is 0.232 e. The van der Waals surface area contributed by atoms with Crippen LogP contribution in [-0.4, -0.2) is 36.6 Å². The van der Waals surface area contributed by atoms with Crippen molar-refractivity contribution in [1.29, 1.82) is 0 Å². The number of nitrogens with one attached hydrogen (secondary N) is 2. The maximum atomic E-state index is 13.2. The molecule has 5 heteroatoms. The molecule has 2 amide bonds. The fraction of sp³-hybridized carbons (Fsp3) is 0.579. The van der Waals surface area contributed by atoms with Crippen LogP contribution in [0.2, 0.25) is 0 Å². The molecular formula is C19H26N2O3. The average Bonchev–Trinajstić information content (AvgIpc) is 2.55. The largest absolute Gasteiger partial charge is 0.375 e. The van der Waals surface area contributed by atoms with Crippen molar-refractivity contribution in [3.05, 3.63) is 35.9 Å². The van der Waals surface area contributed by atoms with Gasteiger partial charge < -0.3 is 15.4 Å². The lowest BCUT2D eigenvalue weighted by atomic mass is 9.73. The Labute approximate surface area is 143 Å². The molecule has 2 saturated heterocycles. The van der Waals surface area contributed by atoms with E-state index in [1.165, 1.54) is 0 Å². The molecule has 0 radical (unpaired) electrons. The summed E-state index contributed by atoms with van der Waals surface area (Å²) >= 11 is 0. The van der Waals surface area contributed by atoms with E-state index in [1.54, 1.807) is 0 Å². The van der Waals surface area contributed by atoms with Crippen molar-refractivity contribution >= 4 is 11.8 Å². The minimum Gasteiger partial charge on any atom is -0.375 e. The Hall–Kier alpha value is -1.88. The van der Waals surface area contributed by atoms with E-state index in [0.717, 1.165) is 18.4 Å². The van der Waals surface area contributed by atoms with Crippen LogP contribution in [0.1, 0.15) is 45.1 Å². The smallest absolute Gasteiger partial charge is 0.232 e.